The van der Waals surface area contributed by atoms with Gasteiger partial charge in [0, 0.05) is 13.0 Å². The molecule has 1 atom stereocenters. The molecule has 1 heterocycles. The number of aliphatic carboxylic acids is 1. The summed E-state index contributed by atoms with van der Waals surface area (Å²) in [6.45, 7) is 1.60. The van der Waals surface area contributed by atoms with Crippen molar-refractivity contribution in [3.05, 3.63) is 0 Å². The van der Waals surface area contributed by atoms with Crippen LogP contribution in [0.3, 0.4) is 0 Å². The molecule has 7 heteroatoms. The van der Waals surface area contributed by atoms with E-state index in [1.807, 2.05) is 0 Å². The molecule has 1 rings (SSSR count). The summed E-state index contributed by atoms with van der Waals surface area (Å²) in [4.78, 5) is 10.9. The molecule has 1 unspecified atom stereocenters. The third kappa shape index (κ3) is 2.23. The molecule has 0 aromatic heterocycles. The zero-order valence-corrected chi connectivity index (χ0v) is 8.63. The van der Waals surface area contributed by atoms with Gasteiger partial charge in [-0.15, -0.1) is 0 Å². The fraction of sp³-hybridized carbons (Fsp3) is 0.857. The van der Waals surface area contributed by atoms with E-state index in [1.165, 1.54) is 6.92 Å². The second-order valence-corrected chi connectivity index (χ2v) is 5.21. The Labute approximate surface area is 82.3 Å². The van der Waals surface area contributed by atoms with Crippen molar-refractivity contribution in [2.24, 2.45) is 0 Å². The van der Waals surface area contributed by atoms with Crippen molar-refractivity contribution in [2.45, 2.75) is 18.9 Å². The minimum absolute atomic E-state index is 0.110. The molecule has 0 radical (unpaired) electrons. The molecule has 1 aliphatic heterocycles. The van der Waals surface area contributed by atoms with E-state index in [4.69, 9.17) is 9.84 Å². The average molecular weight is 223 g/mol. The third-order valence-electron chi connectivity index (χ3n) is 2.16. The van der Waals surface area contributed by atoms with Gasteiger partial charge in [-0.25, -0.2) is 8.42 Å². The standard InChI is InChI=1S/C7H13NO5S/c1-2-14(11,12)8-7(6(9)10)3-4-13-5-7/h8H,2-5H2,1H3,(H,9,10). The van der Waals surface area contributed by atoms with Crippen molar-refractivity contribution in [3.63, 3.8) is 0 Å². The largest absolute Gasteiger partial charge is 0.480 e. The van der Waals surface area contributed by atoms with Crippen LogP contribution in [0.5, 0.6) is 0 Å². The van der Waals surface area contributed by atoms with Crippen LogP contribution in [-0.2, 0) is 19.6 Å². The second-order valence-electron chi connectivity index (χ2n) is 3.20. The average Bonchev–Trinajstić information content (AvgIpc) is 2.53. The number of hydrogen-bond donors (Lipinski definition) is 2. The van der Waals surface area contributed by atoms with Gasteiger partial charge < -0.3 is 9.84 Å². The predicted octanol–water partition coefficient (Wildman–Crippen LogP) is -0.831. The SMILES string of the molecule is CCS(=O)(=O)NC1(C(=O)O)CCOC1. The van der Waals surface area contributed by atoms with Gasteiger partial charge in [-0.3, -0.25) is 4.79 Å². The fourth-order valence-electron chi connectivity index (χ4n) is 1.23. The van der Waals surface area contributed by atoms with Crippen LogP contribution in [-0.4, -0.2) is 44.0 Å². The van der Waals surface area contributed by atoms with E-state index in [9.17, 15) is 13.2 Å². The first kappa shape index (κ1) is 11.4. The molecule has 6 nitrogen and oxygen atoms in total. The molecule has 0 spiro atoms. The molecule has 0 saturated carbocycles. The lowest BCUT2D eigenvalue weighted by atomic mass is 10.0. The maximum Gasteiger partial charge on any atom is 0.327 e. The van der Waals surface area contributed by atoms with E-state index in [2.05, 4.69) is 4.72 Å². The molecule has 0 aromatic carbocycles. The highest BCUT2D eigenvalue weighted by Crippen LogP contribution is 2.20. The summed E-state index contributed by atoms with van der Waals surface area (Å²) in [5, 5.41) is 8.92. The molecule has 1 aliphatic rings. The topological polar surface area (TPSA) is 92.7 Å². The first-order valence-electron chi connectivity index (χ1n) is 4.25. The van der Waals surface area contributed by atoms with E-state index in [0.717, 1.165) is 0 Å². The second kappa shape index (κ2) is 3.84. The van der Waals surface area contributed by atoms with E-state index < -0.39 is 21.5 Å². The Morgan fingerprint density at radius 3 is 2.64 bits per heavy atom. The Morgan fingerprint density at radius 1 is 1.64 bits per heavy atom. The van der Waals surface area contributed by atoms with E-state index in [0.29, 0.717) is 0 Å². The van der Waals surface area contributed by atoms with Gasteiger partial charge >= 0.3 is 5.97 Å². The number of nitrogens with one attached hydrogen (secondary N) is 1. The van der Waals surface area contributed by atoms with Gasteiger partial charge in [0.05, 0.1) is 12.4 Å². The number of carbonyl (C=O) groups is 1. The van der Waals surface area contributed by atoms with Gasteiger partial charge in [0.15, 0.2) is 5.54 Å². The summed E-state index contributed by atoms with van der Waals surface area (Å²) >= 11 is 0. The van der Waals surface area contributed by atoms with Crippen LogP contribution in [0.4, 0.5) is 0 Å². The van der Waals surface area contributed by atoms with Crippen LogP contribution >= 0.6 is 0 Å². The molecule has 0 amide bonds. The van der Waals surface area contributed by atoms with E-state index in [1.54, 1.807) is 0 Å². The minimum atomic E-state index is -3.52. The first-order valence-corrected chi connectivity index (χ1v) is 5.90. The van der Waals surface area contributed by atoms with Crippen molar-refractivity contribution >= 4 is 16.0 Å². The van der Waals surface area contributed by atoms with Gasteiger partial charge in [-0.1, -0.05) is 0 Å². The smallest absolute Gasteiger partial charge is 0.327 e. The summed E-state index contributed by atoms with van der Waals surface area (Å²) < 4.78 is 29.5. The van der Waals surface area contributed by atoms with Crippen molar-refractivity contribution < 1.29 is 23.1 Å². The molecule has 0 bridgehead atoms. The van der Waals surface area contributed by atoms with E-state index >= 15 is 0 Å². The highest BCUT2D eigenvalue weighted by molar-refractivity contribution is 7.89. The van der Waals surface area contributed by atoms with Gasteiger partial charge in [-0.2, -0.15) is 4.72 Å². The molecule has 0 aromatic rings. The Balaban J connectivity index is 2.86. The molecule has 0 aliphatic carbocycles. The van der Waals surface area contributed by atoms with Crippen molar-refractivity contribution in [3.8, 4) is 0 Å². The summed E-state index contributed by atoms with van der Waals surface area (Å²) in [6, 6.07) is 0. The number of carboxylic acid groups (broad SMARTS) is 1. The van der Waals surface area contributed by atoms with Crippen LogP contribution in [0.25, 0.3) is 0 Å². The fourth-order valence-corrected chi connectivity index (χ4v) is 2.22. The number of ether oxygens (including phenoxy) is 1. The van der Waals surface area contributed by atoms with Crippen molar-refractivity contribution in [2.75, 3.05) is 19.0 Å². The lowest BCUT2D eigenvalue weighted by molar-refractivity contribution is -0.144. The van der Waals surface area contributed by atoms with E-state index in [-0.39, 0.29) is 25.4 Å². The number of hydrogen-bond acceptors (Lipinski definition) is 4. The Morgan fingerprint density at radius 2 is 2.29 bits per heavy atom. The molecule has 2 N–H and O–H groups in total. The Bertz CT molecular complexity index is 317. The van der Waals surface area contributed by atoms with Crippen LogP contribution in [0.2, 0.25) is 0 Å². The van der Waals surface area contributed by atoms with Gasteiger partial charge in [0.25, 0.3) is 0 Å². The number of carboxylic acids is 1. The monoisotopic (exact) mass is 223 g/mol. The predicted molar refractivity (Wildman–Crippen MR) is 48.4 cm³/mol. The highest BCUT2D eigenvalue weighted by Gasteiger charge is 2.45. The molecule has 82 valence electrons. The normalized spacial score (nSPS) is 27.8. The molecule has 14 heavy (non-hydrogen) atoms. The lowest BCUT2D eigenvalue weighted by Crippen LogP contribution is -2.55. The Kier molecular flexibility index (Phi) is 3.13. The van der Waals surface area contributed by atoms with Crippen LogP contribution in [0.15, 0.2) is 0 Å². The highest BCUT2D eigenvalue weighted by atomic mass is 32.2. The maximum atomic E-state index is 11.2. The van der Waals surface area contributed by atoms with Gasteiger partial charge in [-0.05, 0) is 6.92 Å². The van der Waals surface area contributed by atoms with Crippen LogP contribution < -0.4 is 4.72 Å². The first-order chi connectivity index (χ1) is 6.42. The summed E-state index contributed by atoms with van der Waals surface area (Å²) in [5.41, 5.74) is -1.46. The van der Waals surface area contributed by atoms with Crippen molar-refractivity contribution in [1.29, 1.82) is 0 Å². The number of rotatable bonds is 4. The zero-order chi connectivity index (χ0) is 10.8. The maximum absolute atomic E-state index is 11.2. The van der Waals surface area contributed by atoms with Gasteiger partial charge in [0.1, 0.15) is 0 Å². The molecule has 1 saturated heterocycles. The van der Waals surface area contributed by atoms with Gasteiger partial charge in [0.2, 0.25) is 10.0 Å². The van der Waals surface area contributed by atoms with Crippen molar-refractivity contribution in [1.82, 2.24) is 4.72 Å². The quantitative estimate of drug-likeness (QED) is 0.649. The molecule has 1 fully saturated rings. The molecular formula is C7H13NO5S. The lowest BCUT2D eigenvalue weighted by Gasteiger charge is -2.22. The third-order valence-corrected chi connectivity index (χ3v) is 3.62. The minimum Gasteiger partial charge on any atom is -0.480 e. The Hall–Kier alpha value is -0.660. The number of sulfonamides is 1. The zero-order valence-electron chi connectivity index (χ0n) is 7.82. The van der Waals surface area contributed by atoms with Crippen LogP contribution in [0.1, 0.15) is 13.3 Å². The summed E-state index contributed by atoms with van der Waals surface area (Å²) in [6.07, 6.45) is 0.168. The van der Waals surface area contributed by atoms with Crippen LogP contribution in [0, 0.1) is 0 Å². The summed E-state index contributed by atoms with van der Waals surface area (Å²) in [5.74, 6) is -1.32. The summed E-state index contributed by atoms with van der Waals surface area (Å²) in [7, 11) is -3.52. The molecular weight excluding hydrogens is 210 g/mol.